The van der Waals surface area contributed by atoms with Gasteiger partial charge in [0.1, 0.15) is 23.6 Å². The van der Waals surface area contributed by atoms with E-state index < -0.39 is 0 Å². The Morgan fingerprint density at radius 3 is 2.58 bits per heavy atom. The quantitative estimate of drug-likeness (QED) is 0.693. The second kappa shape index (κ2) is 6.84. The molecular formula is C17H16BrN5O. The molecule has 0 bridgehead atoms. The van der Waals surface area contributed by atoms with Crippen LogP contribution in [0.2, 0.25) is 0 Å². The molecular weight excluding hydrogens is 370 g/mol. The van der Waals surface area contributed by atoms with Crippen molar-refractivity contribution in [2.45, 2.75) is 13.8 Å². The molecule has 2 heterocycles. The smallest absolute Gasteiger partial charge is 0.248 e. The van der Waals surface area contributed by atoms with E-state index in [0.29, 0.717) is 29.0 Å². The Morgan fingerprint density at radius 2 is 1.88 bits per heavy atom. The first kappa shape index (κ1) is 16.2. The van der Waals surface area contributed by atoms with E-state index in [2.05, 4.69) is 36.2 Å². The Hall–Kier alpha value is -2.67. The van der Waals surface area contributed by atoms with Gasteiger partial charge in [-0.2, -0.15) is 4.98 Å². The first-order valence-electron chi connectivity index (χ1n) is 7.27. The molecule has 24 heavy (non-hydrogen) atoms. The van der Waals surface area contributed by atoms with Crippen molar-refractivity contribution in [2.24, 2.45) is 0 Å². The number of nitrogens with one attached hydrogen (secondary N) is 1. The lowest BCUT2D eigenvalue weighted by atomic mass is 10.1. The topological polar surface area (TPSA) is 86.0 Å². The van der Waals surface area contributed by atoms with Crippen molar-refractivity contribution in [3.63, 3.8) is 0 Å². The zero-order valence-electron chi connectivity index (χ0n) is 13.2. The van der Waals surface area contributed by atoms with Crippen LogP contribution in [-0.4, -0.2) is 15.0 Å². The lowest BCUT2D eigenvalue weighted by Crippen LogP contribution is -2.04. The first-order valence-corrected chi connectivity index (χ1v) is 8.06. The van der Waals surface area contributed by atoms with Gasteiger partial charge < -0.3 is 15.8 Å². The average Bonchev–Trinajstić information content (AvgIpc) is 2.57. The Kier molecular flexibility index (Phi) is 4.61. The Bertz CT molecular complexity index is 867. The molecule has 2 aromatic heterocycles. The molecule has 0 aliphatic heterocycles. The van der Waals surface area contributed by atoms with E-state index in [9.17, 15) is 0 Å². The van der Waals surface area contributed by atoms with Crippen LogP contribution in [0.5, 0.6) is 11.6 Å². The Balaban J connectivity index is 1.84. The van der Waals surface area contributed by atoms with Crippen molar-refractivity contribution in [1.82, 2.24) is 15.0 Å². The van der Waals surface area contributed by atoms with Gasteiger partial charge in [0.25, 0.3) is 0 Å². The lowest BCUT2D eigenvalue weighted by molar-refractivity contribution is 0.464. The highest BCUT2D eigenvalue weighted by molar-refractivity contribution is 9.10. The highest BCUT2D eigenvalue weighted by Gasteiger charge is 2.11. The number of anilines is 3. The summed E-state index contributed by atoms with van der Waals surface area (Å²) in [5.74, 6) is 2.04. The fraction of sp³-hybridized carbons (Fsp3) is 0.118. The molecule has 0 atom stereocenters. The fourth-order valence-corrected chi connectivity index (χ4v) is 2.25. The zero-order valence-corrected chi connectivity index (χ0v) is 14.8. The molecule has 0 amide bonds. The minimum absolute atomic E-state index is 0.299. The summed E-state index contributed by atoms with van der Waals surface area (Å²) in [6, 6.07) is 9.51. The SMILES string of the molecule is Cc1ccc(Oc2ncnc(Nc3ccc(Br)cn3)c2N)cc1C. The van der Waals surface area contributed by atoms with Crippen LogP contribution >= 0.6 is 15.9 Å². The van der Waals surface area contributed by atoms with Crippen LogP contribution in [0, 0.1) is 13.8 Å². The van der Waals surface area contributed by atoms with Crippen LogP contribution in [0.4, 0.5) is 17.3 Å². The molecule has 6 nitrogen and oxygen atoms in total. The summed E-state index contributed by atoms with van der Waals surface area (Å²) in [5.41, 5.74) is 8.78. The number of aryl methyl sites for hydroxylation is 2. The molecule has 0 saturated carbocycles. The van der Waals surface area contributed by atoms with E-state index in [-0.39, 0.29) is 0 Å². The molecule has 0 aliphatic carbocycles. The number of nitrogen functional groups attached to an aromatic ring is 1. The number of rotatable bonds is 4. The van der Waals surface area contributed by atoms with Crippen molar-refractivity contribution >= 4 is 33.3 Å². The van der Waals surface area contributed by atoms with Crippen molar-refractivity contribution in [2.75, 3.05) is 11.1 Å². The number of nitrogens with zero attached hydrogens (tertiary/aromatic N) is 3. The second-order valence-corrected chi connectivity index (χ2v) is 6.19. The van der Waals surface area contributed by atoms with Gasteiger partial charge in [0, 0.05) is 10.7 Å². The predicted molar refractivity (Wildman–Crippen MR) is 97.7 cm³/mol. The van der Waals surface area contributed by atoms with Gasteiger partial charge in [0.15, 0.2) is 5.82 Å². The average molecular weight is 386 g/mol. The van der Waals surface area contributed by atoms with Crippen molar-refractivity contribution < 1.29 is 4.74 Å². The van der Waals surface area contributed by atoms with Gasteiger partial charge in [0.05, 0.1) is 0 Å². The Morgan fingerprint density at radius 1 is 1.04 bits per heavy atom. The minimum atomic E-state index is 0.299. The maximum Gasteiger partial charge on any atom is 0.248 e. The van der Waals surface area contributed by atoms with E-state index in [4.69, 9.17) is 10.5 Å². The molecule has 0 saturated heterocycles. The number of hydrogen-bond donors (Lipinski definition) is 2. The zero-order chi connectivity index (χ0) is 17.1. The van der Waals surface area contributed by atoms with Crippen molar-refractivity contribution in [3.8, 4) is 11.6 Å². The third kappa shape index (κ3) is 3.62. The number of halogens is 1. The molecule has 3 N–H and O–H groups in total. The lowest BCUT2D eigenvalue weighted by Gasteiger charge is -2.12. The summed E-state index contributed by atoms with van der Waals surface area (Å²) in [6.45, 7) is 4.07. The number of aromatic nitrogens is 3. The van der Waals surface area contributed by atoms with E-state index >= 15 is 0 Å². The molecule has 0 radical (unpaired) electrons. The summed E-state index contributed by atoms with van der Waals surface area (Å²) in [4.78, 5) is 12.5. The van der Waals surface area contributed by atoms with Gasteiger partial charge in [0.2, 0.25) is 5.88 Å². The highest BCUT2D eigenvalue weighted by Crippen LogP contribution is 2.31. The number of benzene rings is 1. The van der Waals surface area contributed by atoms with Gasteiger partial charge in [-0.3, -0.25) is 0 Å². The molecule has 3 aromatic rings. The summed E-state index contributed by atoms with van der Waals surface area (Å²) >= 11 is 3.34. The molecule has 7 heteroatoms. The van der Waals surface area contributed by atoms with Gasteiger partial charge >= 0.3 is 0 Å². The number of hydrogen-bond acceptors (Lipinski definition) is 6. The van der Waals surface area contributed by atoms with Crippen molar-refractivity contribution in [1.29, 1.82) is 0 Å². The number of nitrogens with two attached hydrogens (primary N) is 1. The molecule has 0 aliphatic rings. The van der Waals surface area contributed by atoms with E-state index in [1.165, 1.54) is 11.9 Å². The molecule has 0 unspecified atom stereocenters. The van der Waals surface area contributed by atoms with Crippen LogP contribution in [0.15, 0.2) is 47.3 Å². The van der Waals surface area contributed by atoms with Crippen LogP contribution in [0.3, 0.4) is 0 Å². The third-order valence-electron chi connectivity index (χ3n) is 3.51. The monoisotopic (exact) mass is 385 g/mol. The van der Waals surface area contributed by atoms with Crippen LogP contribution in [0.1, 0.15) is 11.1 Å². The predicted octanol–water partition coefficient (Wildman–Crippen LogP) is 4.37. The molecule has 0 spiro atoms. The molecule has 122 valence electrons. The summed E-state index contributed by atoms with van der Waals surface area (Å²) in [7, 11) is 0. The van der Waals surface area contributed by atoms with Gasteiger partial charge in [-0.05, 0) is 65.2 Å². The van der Waals surface area contributed by atoms with Crippen LogP contribution in [0.25, 0.3) is 0 Å². The fourth-order valence-electron chi connectivity index (χ4n) is 2.02. The second-order valence-electron chi connectivity index (χ2n) is 5.28. The largest absolute Gasteiger partial charge is 0.437 e. The maximum atomic E-state index is 6.13. The number of ether oxygens (including phenoxy) is 1. The molecule has 1 aromatic carbocycles. The van der Waals surface area contributed by atoms with Gasteiger partial charge in [-0.15, -0.1) is 0 Å². The molecule has 0 fully saturated rings. The van der Waals surface area contributed by atoms with Crippen molar-refractivity contribution in [3.05, 3.63) is 58.5 Å². The van der Waals surface area contributed by atoms with E-state index in [1.54, 1.807) is 6.20 Å². The minimum Gasteiger partial charge on any atom is -0.437 e. The van der Waals surface area contributed by atoms with Crippen LogP contribution in [-0.2, 0) is 0 Å². The molecule has 3 rings (SSSR count). The van der Waals surface area contributed by atoms with E-state index in [0.717, 1.165) is 10.0 Å². The first-order chi connectivity index (χ1) is 11.5. The van der Waals surface area contributed by atoms with E-state index in [1.807, 2.05) is 44.2 Å². The summed E-state index contributed by atoms with van der Waals surface area (Å²) < 4.78 is 6.69. The summed E-state index contributed by atoms with van der Waals surface area (Å²) in [5, 5.41) is 3.06. The highest BCUT2D eigenvalue weighted by atomic mass is 79.9. The van der Waals surface area contributed by atoms with Gasteiger partial charge in [-0.25, -0.2) is 9.97 Å². The summed E-state index contributed by atoms with van der Waals surface area (Å²) in [6.07, 6.45) is 3.08. The maximum absolute atomic E-state index is 6.13. The standard InChI is InChI=1S/C17H16BrN5O/c1-10-3-5-13(7-11(10)2)24-17-15(19)16(21-9-22-17)23-14-6-4-12(18)8-20-14/h3-9H,19H2,1-2H3,(H,20,21,22,23). The van der Waals surface area contributed by atoms with Gasteiger partial charge in [-0.1, -0.05) is 6.07 Å². The Labute approximate surface area is 148 Å². The number of pyridine rings is 1. The normalized spacial score (nSPS) is 10.5. The van der Waals surface area contributed by atoms with Crippen LogP contribution < -0.4 is 15.8 Å². The third-order valence-corrected chi connectivity index (χ3v) is 3.98.